The first-order valence-electron chi connectivity index (χ1n) is 6.02. The molecule has 0 heterocycles. The highest BCUT2D eigenvalue weighted by atomic mass is 35.5. The van der Waals surface area contributed by atoms with E-state index in [0.717, 1.165) is 6.07 Å². The van der Waals surface area contributed by atoms with Gasteiger partial charge in [0.2, 0.25) is 0 Å². The Morgan fingerprint density at radius 1 is 1.05 bits per heavy atom. The van der Waals surface area contributed by atoms with Crippen LogP contribution in [-0.4, -0.2) is 11.1 Å². The third kappa shape index (κ3) is 4.07. The Morgan fingerprint density at radius 3 is 2.27 bits per heavy atom. The summed E-state index contributed by atoms with van der Waals surface area (Å²) in [6.45, 7) is -0.690. The van der Waals surface area contributed by atoms with Crippen molar-refractivity contribution in [2.24, 2.45) is 0 Å². The molecule has 4 nitrogen and oxygen atoms in total. The van der Waals surface area contributed by atoms with Crippen LogP contribution in [0.5, 0.6) is 0 Å². The molecular formula is C14H10Cl2F2N2O2. The number of urea groups is 1. The zero-order chi connectivity index (χ0) is 16.3. The lowest BCUT2D eigenvalue weighted by atomic mass is 10.1. The monoisotopic (exact) mass is 346 g/mol. The van der Waals surface area contributed by atoms with E-state index in [2.05, 4.69) is 10.6 Å². The molecule has 0 aliphatic heterocycles. The quantitative estimate of drug-likeness (QED) is 0.770. The zero-order valence-electron chi connectivity index (χ0n) is 11.0. The molecule has 0 spiro atoms. The van der Waals surface area contributed by atoms with Crippen molar-refractivity contribution >= 4 is 40.6 Å². The number of aliphatic hydroxyl groups excluding tert-OH is 1. The summed E-state index contributed by atoms with van der Waals surface area (Å²) in [5.74, 6) is -1.83. The van der Waals surface area contributed by atoms with Crippen LogP contribution >= 0.6 is 23.2 Å². The summed E-state index contributed by atoms with van der Waals surface area (Å²) in [6, 6.07) is 5.14. The maximum Gasteiger partial charge on any atom is 0.323 e. The topological polar surface area (TPSA) is 61.4 Å². The van der Waals surface area contributed by atoms with E-state index in [1.54, 1.807) is 0 Å². The van der Waals surface area contributed by atoms with Crippen LogP contribution in [0.4, 0.5) is 25.0 Å². The van der Waals surface area contributed by atoms with E-state index in [9.17, 15) is 13.6 Å². The van der Waals surface area contributed by atoms with E-state index in [1.807, 2.05) is 0 Å². The number of rotatable bonds is 3. The van der Waals surface area contributed by atoms with Gasteiger partial charge in [-0.05, 0) is 24.3 Å². The van der Waals surface area contributed by atoms with Crippen molar-refractivity contribution in [2.75, 3.05) is 10.6 Å². The number of aliphatic hydroxyl groups is 1. The summed E-state index contributed by atoms with van der Waals surface area (Å²) < 4.78 is 26.7. The average Bonchev–Trinajstić information content (AvgIpc) is 2.36. The molecule has 22 heavy (non-hydrogen) atoms. The van der Waals surface area contributed by atoms with Gasteiger partial charge in [0.05, 0.1) is 12.3 Å². The zero-order valence-corrected chi connectivity index (χ0v) is 12.5. The van der Waals surface area contributed by atoms with Gasteiger partial charge in [-0.2, -0.15) is 0 Å². The van der Waals surface area contributed by atoms with Gasteiger partial charge in [-0.3, -0.25) is 0 Å². The maximum atomic E-state index is 13.5. The van der Waals surface area contributed by atoms with Crippen molar-refractivity contribution in [2.45, 2.75) is 6.61 Å². The summed E-state index contributed by atoms with van der Waals surface area (Å²) >= 11 is 11.6. The van der Waals surface area contributed by atoms with Gasteiger partial charge in [0.25, 0.3) is 0 Å². The van der Waals surface area contributed by atoms with Crippen LogP contribution in [0.25, 0.3) is 0 Å². The summed E-state index contributed by atoms with van der Waals surface area (Å²) in [7, 11) is 0. The molecule has 0 aromatic heterocycles. The van der Waals surface area contributed by atoms with Crippen molar-refractivity contribution in [3.05, 3.63) is 57.6 Å². The minimum absolute atomic E-state index is 0.175. The first-order valence-corrected chi connectivity index (χ1v) is 6.77. The molecule has 0 aliphatic carbocycles. The van der Waals surface area contributed by atoms with Gasteiger partial charge in [-0.25, -0.2) is 13.6 Å². The highest BCUT2D eigenvalue weighted by Gasteiger charge is 2.13. The van der Waals surface area contributed by atoms with Crippen molar-refractivity contribution in [3.8, 4) is 0 Å². The number of carbonyl (C=O) groups is 1. The van der Waals surface area contributed by atoms with E-state index in [1.165, 1.54) is 18.2 Å². The molecular weight excluding hydrogens is 337 g/mol. The fourth-order valence-corrected chi connectivity index (χ4v) is 2.31. The Morgan fingerprint density at radius 2 is 1.68 bits per heavy atom. The second kappa shape index (κ2) is 6.91. The van der Waals surface area contributed by atoms with Crippen LogP contribution in [0.1, 0.15) is 5.56 Å². The second-order valence-electron chi connectivity index (χ2n) is 4.31. The molecule has 0 saturated carbocycles. The molecule has 2 rings (SSSR count). The van der Waals surface area contributed by atoms with Crippen LogP contribution in [0.3, 0.4) is 0 Å². The SMILES string of the molecule is O=C(Nc1cc(Cl)cc(Cl)c1)Nc1cc(F)cc(F)c1CO. The molecule has 8 heteroatoms. The summed E-state index contributed by atoms with van der Waals surface area (Å²) in [5, 5.41) is 14.4. The highest BCUT2D eigenvalue weighted by molar-refractivity contribution is 6.35. The lowest BCUT2D eigenvalue weighted by Crippen LogP contribution is -2.20. The smallest absolute Gasteiger partial charge is 0.323 e. The average molecular weight is 347 g/mol. The molecule has 2 aromatic carbocycles. The molecule has 0 unspecified atom stereocenters. The Kier molecular flexibility index (Phi) is 5.18. The van der Waals surface area contributed by atoms with E-state index >= 15 is 0 Å². The molecule has 0 fully saturated rings. The van der Waals surface area contributed by atoms with Gasteiger partial charge in [0.15, 0.2) is 0 Å². The third-order valence-electron chi connectivity index (χ3n) is 2.69. The number of hydrogen-bond acceptors (Lipinski definition) is 2. The van der Waals surface area contributed by atoms with Gasteiger partial charge in [-0.15, -0.1) is 0 Å². The van der Waals surface area contributed by atoms with Crippen LogP contribution in [0, 0.1) is 11.6 Å². The maximum absolute atomic E-state index is 13.5. The molecule has 0 saturated heterocycles. The summed E-state index contributed by atoms with van der Waals surface area (Å²) in [5.41, 5.74) is -0.0938. The first-order chi connectivity index (χ1) is 10.4. The van der Waals surface area contributed by atoms with Gasteiger partial charge in [0, 0.05) is 27.4 Å². The summed E-state index contributed by atoms with van der Waals surface area (Å²) in [6.07, 6.45) is 0. The van der Waals surface area contributed by atoms with E-state index in [0.29, 0.717) is 21.8 Å². The number of carbonyl (C=O) groups excluding carboxylic acids is 1. The third-order valence-corrected chi connectivity index (χ3v) is 3.12. The van der Waals surface area contributed by atoms with Crippen molar-refractivity contribution in [1.29, 1.82) is 0 Å². The lowest BCUT2D eigenvalue weighted by molar-refractivity contribution is 0.261. The molecule has 2 amide bonds. The number of hydrogen-bond donors (Lipinski definition) is 3. The summed E-state index contributed by atoms with van der Waals surface area (Å²) in [4.78, 5) is 11.9. The molecule has 2 aromatic rings. The number of halogens is 4. The van der Waals surface area contributed by atoms with Crippen LogP contribution in [0.2, 0.25) is 10.0 Å². The number of benzene rings is 2. The van der Waals surface area contributed by atoms with Crippen molar-refractivity contribution in [3.63, 3.8) is 0 Å². The van der Waals surface area contributed by atoms with Gasteiger partial charge in [0.1, 0.15) is 11.6 Å². The predicted octanol–water partition coefficient (Wildman–Crippen LogP) is 4.41. The Hall–Kier alpha value is -1.89. The largest absolute Gasteiger partial charge is 0.391 e. The van der Waals surface area contributed by atoms with Gasteiger partial charge in [-0.1, -0.05) is 23.2 Å². The molecule has 116 valence electrons. The normalized spacial score (nSPS) is 10.4. The van der Waals surface area contributed by atoms with E-state index < -0.39 is 24.3 Å². The number of nitrogens with one attached hydrogen (secondary N) is 2. The number of anilines is 2. The lowest BCUT2D eigenvalue weighted by Gasteiger charge is -2.12. The van der Waals surface area contributed by atoms with Crippen LogP contribution in [-0.2, 0) is 6.61 Å². The highest BCUT2D eigenvalue weighted by Crippen LogP contribution is 2.24. The molecule has 3 N–H and O–H groups in total. The fourth-order valence-electron chi connectivity index (χ4n) is 1.79. The van der Waals surface area contributed by atoms with Gasteiger partial charge >= 0.3 is 6.03 Å². The molecule has 0 bridgehead atoms. The predicted molar refractivity (Wildman–Crippen MR) is 81.4 cm³/mol. The van der Waals surface area contributed by atoms with Crippen LogP contribution in [0.15, 0.2) is 30.3 Å². The van der Waals surface area contributed by atoms with Crippen LogP contribution < -0.4 is 10.6 Å². The van der Waals surface area contributed by atoms with E-state index in [4.69, 9.17) is 28.3 Å². The minimum Gasteiger partial charge on any atom is -0.391 e. The second-order valence-corrected chi connectivity index (χ2v) is 5.18. The van der Waals surface area contributed by atoms with Crippen molar-refractivity contribution in [1.82, 2.24) is 0 Å². The van der Waals surface area contributed by atoms with Crippen molar-refractivity contribution < 1.29 is 18.7 Å². The first kappa shape index (κ1) is 16.5. The number of amides is 2. The Balaban J connectivity index is 2.19. The standard InChI is InChI=1S/C14H10Cl2F2N2O2/c15-7-1-8(16)3-10(2-7)19-14(22)20-13-5-9(17)4-12(18)11(13)6-21/h1-5,21H,6H2,(H2,19,20,22). The molecule has 0 aliphatic rings. The van der Waals surface area contributed by atoms with Gasteiger partial charge < -0.3 is 15.7 Å². The molecule has 0 atom stereocenters. The Bertz CT molecular complexity index is 706. The van der Waals surface area contributed by atoms with E-state index in [-0.39, 0.29) is 11.3 Å². The molecule has 0 radical (unpaired) electrons. The fraction of sp³-hybridized carbons (Fsp3) is 0.0714. The Labute approximate surface area is 134 Å². The minimum atomic E-state index is -0.955.